The van der Waals surface area contributed by atoms with Gasteiger partial charge in [0.1, 0.15) is 5.75 Å². The summed E-state index contributed by atoms with van der Waals surface area (Å²) >= 11 is -1.21. The molecule has 28 nitrogen and oxygen atoms in total. The van der Waals surface area contributed by atoms with Crippen LogP contribution in [0.25, 0.3) is 0 Å². The molecular formula is C69H102N12O16Se2. The van der Waals surface area contributed by atoms with Gasteiger partial charge in [0.25, 0.3) is 0 Å². The quantitative estimate of drug-likeness (QED) is 0.0323. The summed E-state index contributed by atoms with van der Waals surface area (Å²) in [7, 11) is 3.82. The molecule has 1 saturated heterocycles. The molecule has 0 aliphatic carbocycles. The summed E-state index contributed by atoms with van der Waals surface area (Å²) in [6, 6.07) is 10.7. The van der Waals surface area contributed by atoms with E-state index < -0.39 is 215 Å². The fourth-order valence-corrected chi connectivity index (χ4v) is 15.4. The number of methoxy groups -OCH3 is 1. The molecule has 546 valence electrons. The number of aliphatic hydroxyl groups excluding tert-OH is 3. The van der Waals surface area contributed by atoms with Gasteiger partial charge in [0, 0.05) is 0 Å². The molecule has 1 aliphatic rings. The number of aryl methyl sites for hydroxylation is 1. The van der Waals surface area contributed by atoms with Gasteiger partial charge in [-0.25, -0.2) is 0 Å². The third kappa shape index (κ3) is 27.9. The number of nitrogens with zero attached hydrogens (tertiary/aromatic N) is 2. The van der Waals surface area contributed by atoms with Crippen molar-refractivity contribution in [1.82, 2.24) is 52.3 Å². The Balaban J connectivity index is 1.92. The van der Waals surface area contributed by atoms with Crippen LogP contribution in [0.5, 0.6) is 5.75 Å². The van der Waals surface area contributed by atoms with Crippen molar-refractivity contribution < 1.29 is 77.6 Å². The Labute approximate surface area is 592 Å². The fourth-order valence-electron chi connectivity index (χ4n) is 10.9. The number of primary amides is 2. The Morgan fingerprint density at radius 1 is 0.586 bits per heavy atom. The average Bonchev–Trinajstić information content (AvgIpc) is 0.859. The normalized spacial score (nSPS) is 24.1. The molecule has 12 amide bonds. The maximum atomic E-state index is 15.0. The van der Waals surface area contributed by atoms with Crippen LogP contribution in [0.4, 0.5) is 0 Å². The molecule has 30 heteroatoms. The molecule has 0 saturated carbocycles. The molecule has 0 unspecified atom stereocenters. The van der Waals surface area contributed by atoms with Crippen LogP contribution in [0.1, 0.15) is 131 Å². The van der Waals surface area contributed by atoms with Crippen molar-refractivity contribution in [3.8, 4) is 5.75 Å². The second kappa shape index (κ2) is 42.2. The van der Waals surface area contributed by atoms with E-state index in [1.54, 1.807) is 88.4 Å². The van der Waals surface area contributed by atoms with Crippen LogP contribution in [0, 0.1) is 5.92 Å². The Hall–Kier alpha value is -7.98. The number of benzene rings is 3. The number of likely N-dealkylation sites (N-methyl/N-ethyl adjacent to an activating group) is 2. The molecule has 0 spiro atoms. The van der Waals surface area contributed by atoms with E-state index in [4.69, 9.17) is 16.2 Å². The molecule has 3 aromatic carbocycles. The molecule has 4 rings (SSSR count). The van der Waals surface area contributed by atoms with Crippen LogP contribution >= 0.6 is 0 Å². The SMILES string of the molecule is CCCCCCC[C@H](O)C[C@H]1NC(=O)[C@H](C)NC(=O)CN(C)C(=O)[C@H](CCC(N)=O)NC(=O)[C@H]([C@H](C)[Se]c2ccccc2)NC(=O)[C@H](CC(N)=O)N(C)C(=O)[C@H]([C@@H](C)O)NC(=O)[C@H](CCCc2ccc(OC)cc2)NC(=O)[C@H](C(C)C)NC(=O)[C@@H]([C@H](C)[Se]c2ccccc2)NC(=O)[C@@H]1O. The molecular weight excluding hydrogens is 1410 g/mol. The van der Waals surface area contributed by atoms with E-state index in [-0.39, 0.29) is 25.7 Å². The number of unbranched alkanes of at least 4 members (excludes halogenated alkanes) is 4. The first kappa shape index (κ1) is 83.4. The van der Waals surface area contributed by atoms with Crippen LogP contribution in [0.15, 0.2) is 84.9 Å². The molecule has 1 heterocycles. The van der Waals surface area contributed by atoms with Gasteiger partial charge in [-0.15, -0.1) is 0 Å². The number of hydrogen-bond donors (Lipinski definition) is 13. The van der Waals surface area contributed by atoms with Crippen molar-refractivity contribution >= 4 is 110 Å². The van der Waals surface area contributed by atoms with Crippen LogP contribution < -0.4 is 67.7 Å². The van der Waals surface area contributed by atoms with Crippen molar-refractivity contribution in [2.75, 3.05) is 27.7 Å². The van der Waals surface area contributed by atoms with Gasteiger partial charge in [-0.3, -0.25) is 0 Å². The van der Waals surface area contributed by atoms with E-state index in [2.05, 4.69) is 49.5 Å². The maximum absolute atomic E-state index is 15.0. The zero-order valence-electron chi connectivity index (χ0n) is 58.2. The number of ether oxygens (including phenoxy) is 1. The summed E-state index contributed by atoms with van der Waals surface area (Å²) in [6.45, 7) is 10.3. The van der Waals surface area contributed by atoms with Gasteiger partial charge in [0.2, 0.25) is 0 Å². The Kier molecular flexibility index (Phi) is 35.6. The molecule has 14 atom stereocenters. The second-order valence-electron chi connectivity index (χ2n) is 25.3. The first-order valence-corrected chi connectivity index (χ1v) is 37.2. The van der Waals surface area contributed by atoms with Gasteiger partial charge in [0.05, 0.1) is 7.11 Å². The topological polar surface area (TPSA) is 430 Å². The van der Waals surface area contributed by atoms with E-state index in [1.165, 1.54) is 28.0 Å². The number of carbonyl (C=O) groups is 12. The molecule has 3 aromatic rings. The summed E-state index contributed by atoms with van der Waals surface area (Å²) in [5, 5.41) is 55.9. The number of nitrogens with one attached hydrogen (secondary N) is 8. The molecule has 1 aliphatic heterocycles. The summed E-state index contributed by atoms with van der Waals surface area (Å²) < 4.78 is 6.88. The van der Waals surface area contributed by atoms with E-state index in [0.29, 0.717) is 18.6 Å². The van der Waals surface area contributed by atoms with E-state index in [9.17, 15) is 72.9 Å². The Bertz CT molecular complexity index is 3170. The first-order valence-electron chi connectivity index (χ1n) is 33.5. The van der Waals surface area contributed by atoms with Crippen molar-refractivity contribution in [2.24, 2.45) is 17.4 Å². The monoisotopic (exact) mass is 1510 g/mol. The Morgan fingerprint density at radius 2 is 1.11 bits per heavy atom. The van der Waals surface area contributed by atoms with E-state index in [1.807, 2.05) is 24.3 Å². The van der Waals surface area contributed by atoms with Crippen molar-refractivity contribution in [3.63, 3.8) is 0 Å². The number of hydrogen-bond acceptors (Lipinski definition) is 16. The summed E-state index contributed by atoms with van der Waals surface area (Å²) in [4.78, 5) is 172. The first-order chi connectivity index (χ1) is 46.8. The molecule has 1 fully saturated rings. The van der Waals surface area contributed by atoms with Gasteiger partial charge < -0.3 is 4.74 Å². The number of nitrogens with two attached hydrogens (primary N) is 2. The third-order valence-electron chi connectivity index (χ3n) is 16.8. The number of rotatable bonds is 26. The number of aliphatic hydroxyl groups is 3. The zero-order chi connectivity index (χ0) is 73.6. The van der Waals surface area contributed by atoms with Crippen molar-refractivity contribution in [2.45, 2.75) is 214 Å². The predicted octanol–water partition coefficient (Wildman–Crippen LogP) is -1.46. The standard InChI is InChI=1S/C69H102N12O16Se2/c1-11-12-13-14-17-24-45(83)36-51-60(87)67(94)79-59(43(7)99-48-27-20-16-21-28-48)66(93)76-56(39(2)3)64(91)73-49(29-22-23-44-30-32-46(97-10)33-31-44)62(89)77-57(41(5)82)69(96)81(9)52(37-54(71)85)63(90)78-58(42(6)98-47-25-18-15-19-26-47)65(92)74-50(34-35-53(70)84)68(95)80(8)38-55(86)72-40(4)61(88)75-51/h15-16,18-21,25-28,30-33,39-43,45,49-52,56-60,82-83,87H,11-14,17,22-24,29,34-38H2,1-10H3,(H2,70,84)(H2,71,85)(H,72,86)(H,73,91)(H,74,92)(H,75,88)(H,76,93)(H,77,89)(H,78,90)(H,79,94)/t40-,41+,42-,43-,45-,49-,50-,51+,52-,56-,57-,58-,59+,60+/m0/s1. The van der Waals surface area contributed by atoms with Crippen molar-refractivity contribution in [1.29, 1.82) is 0 Å². The minimum absolute atomic E-state index is 0.105. The molecule has 15 N–H and O–H groups in total. The molecule has 99 heavy (non-hydrogen) atoms. The van der Waals surface area contributed by atoms with Crippen LogP contribution in [0.3, 0.4) is 0 Å². The van der Waals surface area contributed by atoms with Gasteiger partial charge >= 0.3 is 534 Å². The summed E-state index contributed by atoms with van der Waals surface area (Å²) in [5.41, 5.74) is 12.1. The molecule has 0 aromatic heterocycles. The van der Waals surface area contributed by atoms with E-state index in [0.717, 1.165) is 57.0 Å². The zero-order valence-corrected chi connectivity index (χ0v) is 61.6. The molecule has 0 bridgehead atoms. The predicted molar refractivity (Wildman–Crippen MR) is 373 cm³/mol. The van der Waals surface area contributed by atoms with Crippen LogP contribution in [-0.2, 0) is 64.0 Å². The number of carbonyl (C=O) groups excluding carboxylic acids is 12. The third-order valence-corrected chi connectivity index (χ3v) is 21.7. The summed E-state index contributed by atoms with van der Waals surface area (Å²) in [6.07, 6.45) is -2.29. The van der Waals surface area contributed by atoms with Crippen LogP contribution in [0.2, 0.25) is 9.63 Å². The van der Waals surface area contributed by atoms with E-state index >= 15 is 0 Å². The minimum atomic E-state index is -2.15. The summed E-state index contributed by atoms with van der Waals surface area (Å²) in [5.74, 6) is -12.0. The van der Waals surface area contributed by atoms with Crippen molar-refractivity contribution in [3.05, 3.63) is 90.5 Å². The average molecular weight is 1510 g/mol. The number of amides is 12. The van der Waals surface area contributed by atoms with Gasteiger partial charge in [-0.05, 0) is 12.1 Å². The van der Waals surface area contributed by atoms with Gasteiger partial charge in [0.15, 0.2) is 0 Å². The Morgan fingerprint density at radius 3 is 1.65 bits per heavy atom. The van der Waals surface area contributed by atoms with Gasteiger partial charge in [-0.2, -0.15) is 0 Å². The second-order valence-corrected chi connectivity index (χ2v) is 31.4. The van der Waals surface area contributed by atoms with Crippen LogP contribution in [-0.4, -0.2) is 226 Å². The fraction of sp³-hybridized carbons (Fsp3) is 0.565. The van der Waals surface area contributed by atoms with Gasteiger partial charge in [-0.1, -0.05) is 31.9 Å². The molecule has 0 radical (unpaired) electrons.